The summed E-state index contributed by atoms with van der Waals surface area (Å²) < 4.78 is 0.770. The number of amides is 1. The number of aromatic nitrogens is 1. The van der Waals surface area contributed by atoms with Crippen molar-refractivity contribution in [2.45, 2.75) is 0 Å². The summed E-state index contributed by atoms with van der Waals surface area (Å²) in [5, 5.41) is 2.69. The molecule has 0 saturated heterocycles. The van der Waals surface area contributed by atoms with Crippen LogP contribution in [-0.4, -0.2) is 11.4 Å². The van der Waals surface area contributed by atoms with Crippen LogP contribution in [0.3, 0.4) is 0 Å². The summed E-state index contributed by atoms with van der Waals surface area (Å²) in [4.78, 5) is 13.8. The van der Waals surface area contributed by atoms with Gasteiger partial charge < -0.3 is 5.32 Å². The van der Waals surface area contributed by atoms with Crippen LogP contribution in [0.5, 0.6) is 0 Å². The van der Waals surface area contributed by atoms with E-state index in [4.69, 9.17) is 11.6 Å². The average Bonchev–Trinajstić information content (AvgIpc) is 1.98. The monoisotopic (exact) mass is 234 g/mol. The van der Waals surface area contributed by atoms with Crippen molar-refractivity contribution in [3.8, 4) is 0 Å². The van der Waals surface area contributed by atoms with Gasteiger partial charge in [0.15, 0.2) is 5.15 Å². The lowest BCUT2D eigenvalue weighted by atomic mass is 10.4. The Morgan fingerprint density at radius 1 is 1.73 bits per heavy atom. The van der Waals surface area contributed by atoms with E-state index in [0.29, 0.717) is 12.1 Å². The summed E-state index contributed by atoms with van der Waals surface area (Å²) in [6.45, 7) is 0. The Labute approximate surface area is 76.9 Å². The third kappa shape index (κ3) is 2.17. The normalized spacial score (nSPS) is 9.27. The van der Waals surface area contributed by atoms with E-state index < -0.39 is 0 Å². The molecule has 0 aliphatic carbocycles. The number of rotatable bonds is 2. The third-order valence-corrected chi connectivity index (χ3v) is 1.75. The first kappa shape index (κ1) is 8.49. The minimum Gasteiger partial charge on any atom is -0.326 e. The van der Waals surface area contributed by atoms with E-state index in [0.717, 1.165) is 4.47 Å². The molecule has 1 aromatic heterocycles. The van der Waals surface area contributed by atoms with Gasteiger partial charge in [0.1, 0.15) is 0 Å². The molecule has 5 heteroatoms. The highest BCUT2D eigenvalue weighted by atomic mass is 79.9. The summed E-state index contributed by atoms with van der Waals surface area (Å²) in [5.41, 5.74) is 0.496. The predicted molar refractivity (Wildman–Crippen MR) is 46.6 cm³/mol. The predicted octanol–water partition coefficient (Wildman–Crippen LogP) is 2.07. The van der Waals surface area contributed by atoms with Crippen molar-refractivity contribution >= 4 is 39.6 Å². The van der Waals surface area contributed by atoms with Crippen LogP contribution < -0.4 is 5.32 Å². The van der Waals surface area contributed by atoms with Gasteiger partial charge in [0.2, 0.25) is 6.41 Å². The summed E-state index contributed by atoms with van der Waals surface area (Å²) in [7, 11) is 0. The molecule has 0 aromatic carbocycles. The lowest BCUT2D eigenvalue weighted by Crippen LogP contribution is -1.95. The molecule has 0 saturated carbocycles. The van der Waals surface area contributed by atoms with Gasteiger partial charge in [-0.05, 0) is 22.0 Å². The molecule has 1 heterocycles. The van der Waals surface area contributed by atoms with Crippen molar-refractivity contribution in [3.05, 3.63) is 21.9 Å². The van der Waals surface area contributed by atoms with E-state index in [-0.39, 0.29) is 5.15 Å². The van der Waals surface area contributed by atoms with Gasteiger partial charge in [0.25, 0.3) is 0 Å². The van der Waals surface area contributed by atoms with Crippen LogP contribution in [0.4, 0.5) is 5.69 Å². The first-order chi connectivity index (χ1) is 5.24. The minimum absolute atomic E-state index is 0.278. The van der Waals surface area contributed by atoms with Crippen molar-refractivity contribution < 1.29 is 4.79 Å². The molecule has 0 unspecified atom stereocenters. The Kier molecular flexibility index (Phi) is 2.84. The molecule has 0 atom stereocenters. The molecule has 0 radical (unpaired) electrons. The van der Waals surface area contributed by atoms with Crippen molar-refractivity contribution in [3.63, 3.8) is 0 Å². The highest BCUT2D eigenvalue weighted by molar-refractivity contribution is 9.10. The maximum atomic E-state index is 10.0. The highest BCUT2D eigenvalue weighted by Crippen LogP contribution is 2.21. The van der Waals surface area contributed by atoms with E-state index in [1.54, 1.807) is 12.3 Å². The molecule has 11 heavy (non-hydrogen) atoms. The molecular weight excluding hydrogens is 231 g/mol. The third-order valence-electron chi connectivity index (χ3n) is 1.02. The molecule has 0 aliphatic heterocycles. The van der Waals surface area contributed by atoms with Crippen LogP contribution in [0.25, 0.3) is 0 Å². The van der Waals surface area contributed by atoms with E-state index >= 15 is 0 Å². The van der Waals surface area contributed by atoms with Crippen LogP contribution in [0.1, 0.15) is 0 Å². The second-order valence-corrected chi connectivity index (χ2v) is 3.03. The number of carbonyl (C=O) groups is 1. The zero-order valence-corrected chi connectivity index (χ0v) is 7.69. The van der Waals surface area contributed by atoms with Crippen LogP contribution in [-0.2, 0) is 4.79 Å². The summed E-state index contributed by atoms with van der Waals surface area (Å²) in [6.07, 6.45) is 2.10. The Balaban J connectivity index is 3.01. The molecule has 0 bridgehead atoms. The van der Waals surface area contributed by atoms with Gasteiger partial charge >= 0.3 is 0 Å². The molecule has 3 nitrogen and oxygen atoms in total. The van der Waals surface area contributed by atoms with E-state index in [1.165, 1.54) is 0 Å². The van der Waals surface area contributed by atoms with E-state index in [9.17, 15) is 4.79 Å². The van der Waals surface area contributed by atoms with Crippen molar-refractivity contribution in [1.29, 1.82) is 0 Å². The zero-order chi connectivity index (χ0) is 8.27. The van der Waals surface area contributed by atoms with Gasteiger partial charge in [-0.1, -0.05) is 11.6 Å². The number of hydrogen-bond acceptors (Lipinski definition) is 2. The standard InChI is InChI=1S/C6H4BrClN2O/c7-4-1-5(10-3-11)6(8)9-2-4/h1-3H,(H,10,11). The SMILES string of the molecule is O=CNc1cc(Br)cnc1Cl. The summed E-state index contributed by atoms with van der Waals surface area (Å²) in [5.74, 6) is 0. The smallest absolute Gasteiger partial charge is 0.211 e. The fourth-order valence-electron chi connectivity index (χ4n) is 0.587. The molecule has 58 valence electrons. The lowest BCUT2D eigenvalue weighted by molar-refractivity contribution is -0.105. The van der Waals surface area contributed by atoms with Crippen molar-refractivity contribution in [2.75, 3.05) is 5.32 Å². The Morgan fingerprint density at radius 2 is 2.45 bits per heavy atom. The van der Waals surface area contributed by atoms with Crippen LogP contribution in [0.15, 0.2) is 16.7 Å². The molecular formula is C6H4BrClN2O. The number of nitrogens with one attached hydrogen (secondary N) is 1. The van der Waals surface area contributed by atoms with E-state index in [1.807, 2.05) is 0 Å². The maximum absolute atomic E-state index is 10.0. The Hall–Kier alpha value is -0.610. The van der Waals surface area contributed by atoms with Crippen molar-refractivity contribution in [2.24, 2.45) is 0 Å². The number of pyridine rings is 1. The molecule has 0 aliphatic rings. The maximum Gasteiger partial charge on any atom is 0.211 e. The number of halogens is 2. The second-order valence-electron chi connectivity index (χ2n) is 1.75. The topological polar surface area (TPSA) is 42.0 Å². The molecule has 1 N–H and O–H groups in total. The van der Waals surface area contributed by atoms with E-state index in [2.05, 4.69) is 26.2 Å². The van der Waals surface area contributed by atoms with Gasteiger partial charge in [0.05, 0.1) is 5.69 Å². The second kappa shape index (κ2) is 3.69. The zero-order valence-electron chi connectivity index (χ0n) is 5.34. The number of anilines is 1. The highest BCUT2D eigenvalue weighted by Gasteiger charge is 1.99. The van der Waals surface area contributed by atoms with Crippen LogP contribution in [0, 0.1) is 0 Å². The van der Waals surface area contributed by atoms with Gasteiger partial charge in [-0.2, -0.15) is 0 Å². The van der Waals surface area contributed by atoms with Gasteiger partial charge in [-0.15, -0.1) is 0 Å². The van der Waals surface area contributed by atoms with Gasteiger partial charge in [-0.3, -0.25) is 4.79 Å². The first-order valence-corrected chi connectivity index (χ1v) is 3.92. The van der Waals surface area contributed by atoms with Gasteiger partial charge in [0, 0.05) is 10.7 Å². The molecule has 1 aromatic rings. The number of carbonyl (C=O) groups excluding carboxylic acids is 1. The van der Waals surface area contributed by atoms with Crippen molar-refractivity contribution in [1.82, 2.24) is 4.98 Å². The summed E-state index contributed by atoms with van der Waals surface area (Å²) in [6, 6.07) is 1.67. The largest absolute Gasteiger partial charge is 0.326 e. The Morgan fingerprint density at radius 3 is 3.09 bits per heavy atom. The minimum atomic E-state index is 0.278. The number of hydrogen-bond donors (Lipinski definition) is 1. The molecule has 0 spiro atoms. The molecule has 0 fully saturated rings. The first-order valence-electron chi connectivity index (χ1n) is 2.75. The fraction of sp³-hybridized carbons (Fsp3) is 0. The number of nitrogens with zero attached hydrogens (tertiary/aromatic N) is 1. The molecule has 1 rings (SSSR count). The Bertz CT molecular complexity index is 279. The quantitative estimate of drug-likeness (QED) is 0.630. The van der Waals surface area contributed by atoms with Gasteiger partial charge in [-0.25, -0.2) is 4.98 Å². The fourth-order valence-corrected chi connectivity index (χ4v) is 1.08. The lowest BCUT2D eigenvalue weighted by Gasteiger charge is -1.99. The van der Waals surface area contributed by atoms with Crippen LogP contribution >= 0.6 is 27.5 Å². The average molecular weight is 235 g/mol. The summed E-state index contributed by atoms with van der Waals surface area (Å²) >= 11 is 8.81. The molecule has 1 amide bonds. The van der Waals surface area contributed by atoms with Crippen LogP contribution in [0.2, 0.25) is 5.15 Å².